The van der Waals surface area contributed by atoms with Crippen molar-refractivity contribution in [3.05, 3.63) is 33.9 Å². The van der Waals surface area contributed by atoms with Crippen LogP contribution in [0.4, 0.5) is 11.4 Å². The molecule has 1 aliphatic heterocycles. The lowest BCUT2D eigenvalue weighted by atomic mass is 9.95. The van der Waals surface area contributed by atoms with Gasteiger partial charge in [0.25, 0.3) is 11.6 Å². The maximum Gasteiger partial charge on any atom is 0.270 e. The average Bonchev–Trinajstić information content (AvgIpc) is 2.48. The van der Waals surface area contributed by atoms with E-state index in [9.17, 15) is 20.0 Å². The van der Waals surface area contributed by atoms with Crippen molar-refractivity contribution in [3.8, 4) is 0 Å². The highest BCUT2D eigenvalue weighted by molar-refractivity contribution is 6.00. The van der Waals surface area contributed by atoms with Crippen molar-refractivity contribution in [1.82, 2.24) is 5.32 Å². The second-order valence-corrected chi connectivity index (χ2v) is 5.32. The van der Waals surface area contributed by atoms with Crippen LogP contribution in [0.25, 0.3) is 0 Å². The molecule has 0 spiro atoms. The number of hydrogen-bond acceptors (Lipinski definition) is 5. The molecule has 1 amide bonds. The summed E-state index contributed by atoms with van der Waals surface area (Å²) in [6, 6.07) is 4.23. The fraction of sp³-hybridized carbons (Fsp3) is 0.500. The number of piperidine rings is 1. The molecule has 21 heavy (non-hydrogen) atoms. The van der Waals surface area contributed by atoms with Crippen LogP contribution < -0.4 is 10.2 Å². The normalized spacial score (nSPS) is 22.0. The van der Waals surface area contributed by atoms with Gasteiger partial charge in [0.05, 0.1) is 22.3 Å². The molecule has 2 atom stereocenters. The number of non-ortho nitro benzene ring substituents is 1. The maximum atomic E-state index is 12.0. The van der Waals surface area contributed by atoms with E-state index in [1.165, 1.54) is 19.2 Å². The van der Waals surface area contributed by atoms with Crippen LogP contribution in [-0.2, 0) is 0 Å². The zero-order valence-electron chi connectivity index (χ0n) is 12.1. The Bertz CT molecular complexity index is 561. The molecule has 7 nitrogen and oxygen atoms in total. The van der Waals surface area contributed by atoms with E-state index in [0.717, 1.165) is 6.42 Å². The molecule has 1 fully saturated rings. The van der Waals surface area contributed by atoms with Gasteiger partial charge in [0.15, 0.2) is 0 Å². The van der Waals surface area contributed by atoms with Crippen molar-refractivity contribution in [2.24, 2.45) is 5.92 Å². The second kappa shape index (κ2) is 6.09. The van der Waals surface area contributed by atoms with Crippen molar-refractivity contribution < 1.29 is 14.8 Å². The summed E-state index contributed by atoms with van der Waals surface area (Å²) in [6.45, 7) is 3.11. The van der Waals surface area contributed by atoms with Crippen LogP contribution in [-0.4, -0.2) is 42.2 Å². The van der Waals surface area contributed by atoms with E-state index in [4.69, 9.17) is 0 Å². The first-order chi connectivity index (χ1) is 9.93. The predicted octanol–water partition coefficient (Wildman–Crippen LogP) is 1.16. The molecule has 7 heteroatoms. The number of rotatable bonds is 3. The number of carbonyl (C=O) groups excluding carboxylic acids is 1. The number of nitro benzene ring substituents is 1. The van der Waals surface area contributed by atoms with E-state index in [1.807, 2.05) is 11.8 Å². The van der Waals surface area contributed by atoms with E-state index in [0.29, 0.717) is 18.8 Å². The minimum Gasteiger partial charge on any atom is -0.391 e. The van der Waals surface area contributed by atoms with Crippen molar-refractivity contribution >= 4 is 17.3 Å². The Morgan fingerprint density at radius 2 is 2.24 bits per heavy atom. The van der Waals surface area contributed by atoms with Crippen molar-refractivity contribution in [3.63, 3.8) is 0 Å². The molecule has 0 aromatic heterocycles. The molecule has 0 radical (unpaired) electrons. The Balaban J connectivity index is 2.38. The smallest absolute Gasteiger partial charge is 0.270 e. The van der Waals surface area contributed by atoms with Gasteiger partial charge in [-0.25, -0.2) is 0 Å². The number of nitrogens with one attached hydrogen (secondary N) is 1. The fourth-order valence-corrected chi connectivity index (χ4v) is 2.50. The first-order valence-corrected chi connectivity index (χ1v) is 6.87. The zero-order chi connectivity index (χ0) is 15.6. The summed E-state index contributed by atoms with van der Waals surface area (Å²) in [5.41, 5.74) is 0.752. The highest BCUT2D eigenvalue weighted by Crippen LogP contribution is 2.29. The average molecular weight is 293 g/mol. The molecule has 1 aromatic carbocycles. The van der Waals surface area contributed by atoms with Crippen LogP contribution in [0.1, 0.15) is 23.7 Å². The van der Waals surface area contributed by atoms with Gasteiger partial charge in [-0.3, -0.25) is 14.9 Å². The van der Waals surface area contributed by atoms with Gasteiger partial charge >= 0.3 is 0 Å². The van der Waals surface area contributed by atoms with Gasteiger partial charge in [-0.1, -0.05) is 6.92 Å². The van der Waals surface area contributed by atoms with Crippen molar-refractivity contribution in [2.45, 2.75) is 19.4 Å². The summed E-state index contributed by atoms with van der Waals surface area (Å²) in [5.74, 6) is -0.162. The summed E-state index contributed by atoms with van der Waals surface area (Å²) in [5, 5.41) is 23.4. The third-order valence-corrected chi connectivity index (χ3v) is 3.92. The lowest BCUT2D eigenvalue weighted by Crippen LogP contribution is -2.43. The highest BCUT2D eigenvalue weighted by Gasteiger charge is 2.27. The van der Waals surface area contributed by atoms with Gasteiger partial charge in [-0.05, 0) is 18.4 Å². The number of aliphatic hydroxyl groups is 1. The highest BCUT2D eigenvalue weighted by atomic mass is 16.6. The monoisotopic (exact) mass is 293 g/mol. The zero-order valence-corrected chi connectivity index (χ0v) is 12.1. The van der Waals surface area contributed by atoms with E-state index in [-0.39, 0.29) is 23.1 Å². The Kier molecular flexibility index (Phi) is 4.42. The fourth-order valence-electron chi connectivity index (χ4n) is 2.50. The molecule has 1 heterocycles. The number of amides is 1. The number of carbonyl (C=O) groups is 1. The summed E-state index contributed by atoms with van der Waals surface area (Å²) in [7, 11) is 1.48. The van der Waals surface area contributed by atoms with Gasteiger partial charge in [-0.15, -0.1) is 0 Å². The summed E-state index contributed by atoms with van der Waals surface area (Å²) >= 11 is 0. The standard InChI is InChI=1S/C14H19N3O4/c1-9-5-6-16(8-13(9)18)12-4-3-10(17(20)21)7-11(12)14(19)15-2/h3-4,7,9,13,18H,5-6,8H2,1-2H3,(H,15,19). The van der Waals surface area contributed by atoms with E-state index in [1.54, 1.807) is 6.07 Å². The second-order valence-electron chi connectivity index (χ2n) is 5.32. The molecule has 0 saturated carbocycles. The van der Waals surface area contributed by atoms with Gasteiger partial charge < -0.3 is 15.3 Å². The molecular weight excluding hydrogens is 274 g/mol. The topological polar surface area (TPSA) is 95.7 Å². The van der Waals surface area contributed by atoms with Gasteiger partial charge in [0.1, 0.15) is 0 Å². The Hall–Kier alpha value is -2.15. The van der Waals surface area contributed by atoms with Crippen molar-refractivity contribution in [2.75, 3.05) is 25.0 Å². The third-order valence-electron chi connectivity index (χ3n) is 3.92. The molecule has 2 rings (SSSR count). The molecule has 2 N–H and O–H groups in total. The molecule has 1 aliphatic rings. The van der Waals surface area contributed by atoms with Crippen molar-refractivity contribution in [1.29, 1.82) is 0 Å². The maximum absolute atomic E-state index is 12.0. The molecule has 1 saturated heterocycles. The molecule has 2 unspecified atom stereocenters. The molecule has 0 aliphatic carbocycles. The SMILES string of the molecule is CNC(=O)c1cc([N+](=O)[O-])ccc1N1CCC(C)C(O)C1. The quantitative estimate of drug-likeness (QED) is 0.644. The minimum absolute atomic E-state index is 0.122. The number of aliphatic hydroxyl groups excluding tert-OH is 1. The summed E-state index contributed by atoms with van der Waals surface area (Å²) < 4.78 is 0. The van der Waals surface area contributed by atoms with E-state index >= 15 is 0 Å². The molecular formula is C14H19N3O4. The van der Waals surface area contributed by atoms with E-state index < -0.39 is 11.0 Å². The number of hydrogen-bond donors (Lipinski definition) is 2. The molecule has 0 bridgehead atoms. The largest absolute Gasteiger partial charge is 0.391 e. The summed E-state index contributed by atoms with van der Waals surface area (Å²) in [6.07, 6.45) is 0.345. The summed E-state index contributed by atoms with van der Waals surface area (Å²) in [4.78, 5) is 24.2. The van der Waals surface area contributed by atoms with Crippen LogP contribution in [0.3, 0.4) is 0 Å². The Morgan fingerprint density at radius 3 is 2.81 bits per heavy atom. The number of nitrogens with zero attached hydrogens (tertiary/aromatic N) is 2. The number of anilines is 1. The predicted molar refractivity (Wildman–Crippen MR) is 78.5 cm³/mol. The van der Waals surface area contributed by atoms with Crippen LogP contribution in [0.2, 0.25) is 0 Å². The van der Waals surface area contributed by atoms with Crippen LogP contribution in [0.15, 0.2) is 18.2 Å². The third kappa shape index (κ3) is 3.13. The van der Waals surface area contributed by atoms with Crippen LogP contribution in [0.5, 0.6) is 0 Å². The van der Waals surface area contributed by atoms with Gasteiger partial charge in [0, 0.05) is 32.3 Å². The lowest BCUT2D eigenvalue weighted by Gasteiger charge is -2.36. The van der Waals surface area contributed by atoms with Gasteiger partial charge in [-0.2, -0.15) is 0 Å². The molecule has 114 valence electrons. The number of nitro groups is 1. The Labute approximate surface area is 122 Å². The number of benzene rings is 1. The van der Waals surface area contributed by atoms with Gasteiger partial charge in [0.2, 0.25) is 0 Å². The van der Waals surface area contributed by atoms with Crippen LogP contribution >= 0.6 is 0 Å². The first-order valence-electron chi connectivity index (χ1n) is 6.87. The first kappa shape index (κ1) is 15.2. The van der Waals surface area contributed by atoms with E-state index in [2.05, 4.69) is 5.32 Å². The Morgan fingerprint density at radius 1 is 1.52 bits per heavy atom. The molecule has 1 aromatic rings. The van der Waals surface area contributed by atoms with Crippen LogP contribution in [0, 0.1) is 16.0 Å². The minimum atomic E-state index is -0.524. The lowest BCUT2D eigenvalue weighted by molar-refractivity contribution is -0.384. The number of β-amino-alcohol motifs (C(OH)–C–C–N with tert-alkyl or cyclic N) is 1.